The first kappa shape index (κ1) is 10.8. The van der Waals surface area contributed by atoms with Crippen LogP contribution < -0.4 is 0 Å². The molecule has 0 heteroatoms. The van der Waals surface area contributed by atoms with Crippen LogP contribution in [0.1, 0.15) is 30.0 Å². The Hall–Kier alpha value is -1.30. The molecule has 0 fully saturated rings. The van der Waals surface area contributed by atoms with Crippen molar-refractivity contribution in [3.05, 3.63) is 53.1 Å². The van der Waals surface area contributed by atoms with Crippen LogP contribution in [-0.4, -0.2) is 0 Å². The molecule has 1 rings (SSSR count). The highest BCUT2D eigenvalue weighted by molar-refractivity contribution is 5.54. The van der Waals surface area contributed by atoms with Gasteiger partial charge >= 0.3 is 0 Å². The molecular formula is C14H18. The van der Waals surface area contributed by atoms with Crippen LogP contribution in [0, 0.1) is 13.8 Å². The average molecular weight is 186 g/mol. The van der Waals surface area contributed by atoms with Crippen molar-refractivity contribution in [3.63, 3.8) is 0 Å². The molecule has 0 aliphatic carbocycles. The maximum Gasteiger partial charge on any atom is -0.0251 e. The highest BCUT2D eigenvalue weighted by atomic mass is 14.0. The number of hydrogen-bond donors (Lipinski definition) is 0. The fourth-order valence-electron chi connectivity index (χ4n) is 1.44. The number of rotatable bonds is 3. The van der Waals surface area contributed by atoms with E-state index in [0.717, 1.165) is 6.42 Å². The molecular weight excluding hydrogens is 168 g/mol. The van der Waals surface area contributed by atoms with Crippen molar-refractivity contribution in [2.45, 2.75) is 27.2 Å². The zero-order chi connectivity index (χ0) is 10.6. The number of allylic oxidation sites excluding steroid dienone is 2. The normalized spacial score (nSPS) is 10.8. The highest BCUT2D eigenvalue weighted by Crippen LogP contribution is 2.11. The van der Waals surface area contributed by atoms with E-state index < -0.39 is 0 Å². The van der Waals surface area contributed by atoms with Crippen molar-refractivity contribution in [1.82, 2.24) is 0 Å². The summed E-state index contributed by atoms with van der Waals surface area (Å²) in [5, 5.41) is 0. The lowest BCUT2D eigenvalue weighted by Crippen LogP contribution is -1.80. The van der Waals surface area contributed by atoms with Gasteiger partial charge < -0.3 is 0 Å². The molecule has 0 aliphatic heterocycles. The molecule has 14 heavy (non-hydrogen) atoms. The van der Waals surface area contributed by atoms with E-state index in [1.165, 1.54) is 22.3 Å². The van der Waals surface area contributed by atoms with Crippen LogP contribution in [-0.2, 0) is 0 Å². The summed E-state index contributed by atoms with van der Waals surface area (Å²) in [7, 11) is 0. The predicted molar refractivity (Wildman–Crippen MR) is 64.4 cm³/mol. The Morgan fingerprint density at radius 3 is 2.29 bits per heavy atom. The van der Waals surface area contributed by atoms with Crippen molar-refractivity contribution in [1.29, 1.82) is 0 Å². The van der Waals surface area contributed by atoms with E-state index in [-0.39, 0.29) is 0 Å². The molecule has 0 bridgehead atoms. The third kappa shape index (κ3) is 3.21. The maximum atomic E-state index is 3.95. The van der Waals surface area contributed by atoms with Crippen molar-refractivity contribution >= 4 is 6.08 Å². The zero-order valence-electron chi connectivity index (χ0n) is 9.30. The first-order valence-corrected chi connectivity index (χ1v) is 5.06. The fourth-order valence-corrected chi connectivity index (χ4v) is 1.44. The highest BCUT2D eigenvalue weighted by Gasteiger charge is 1.91. The molecule has 0 radical (unpaired) electrons. The van der Waals surface area contributed by atoms with Gasteiger partial charge in [-0.2, -0.15) is 0 Å². The minimum Gasteiger partial charge on any atom is -0.0958 e. The molecule has 0 nitrogen and oxygen atoms in total. The standard InChI is InChI=1S/C14H18/c1-5-11(2)6-7-14-9-12(3)8-13(4)10-14/h6-10H,2,5H2,1,3-4H3/b7-6+. The van der Waals surface area contributed by atoms with Crippen LogP contribution in [0.15, 0.2) is 36.4 Å². The Bertz CT molecular complexity index is 336. The van der Waals surface area contributed by atoms with Crippen LogP contribution >= 0.6 is 0 Å². The quantitative estimate of drug-likeness (QED) is 0.618. The second-order valence-electron chi connectivity index (χ2n) is 3.77. The summed E-state index contributed by atoms with van der Waals surface area (Å²) < 4.78 is 0. The second-order valence-corrected chi connectivity index (χ2v) is 3.77. The molecule has 0 aliphatic rings. The lowest BCUT2D eigenvalue weighted by molar-refractivity contribution is 1.16. The van der Waals surface area contributed by atoms with Gasteiger partial charge in [0.15, 0.2) is 0 Å². The van der Waals surface area contributed by atoms with Gasteiger partial charge in [-0.3, -0.25) is 0 Å². The van der Waals surface area contributed by atoms with Gasteiger partial charge in [0.05, 0.1) is 0 Å². The number of benzene rings is 1. The van der Waals surface area contributed by atoms with Crippen molar-refractivity contribution in [2.24, 2.45) is 0 Å². The largest absolute Gasteiger partial charge is 0.0958 e. The Morgan fingerprint density at radius 2 is 1.79 bits per heavy atom. The number of hydrogen-bond acceptors (Lipinski definition) is 0. The Labute approximate surface area is 87.0 Å². The summed E-state index contributed by atoms with van der Waals surface area (Å²) in [5.41, 5.74) is 5.06. The molecule has 0 atom stereocenters. The molecule has 0 amide bonds. The van der Waals surface area contributed by atoms with Crippen LogP contribution in [0.4, 0.5) is 0 Å². The average Bonchev–Trinajstić information content (AvgIpc) is 2.12. The first-order valence-electron chi connectivity index (χ1n) is 5.06. The lowest BCUT2D eigenvalue weighted by atomic mass is 10.1. The molecule has 0 heterocycles. The second kappa shape index (κ2) is 4.80. The van der Waals surface area contributed by atoms with Gasteiger partial charge in [0.2, 0.25) is 0 Å². The van der Waals surface area contributed by atoms with Crippen molar-refractivity contribution < 1.29 is 0 Å². The molecule has 0 N–H and O–H groups in total. The summed E-state index contributed by atoms with van der Waals surface area (Å²) in [6, 6.07) is 6.56. The van der Waals surface area contributed by atoms with Crippen LogP contribution in [0.3, 0.4) is 0 Å². The van der Waals surface area contributed by atoms with E-state index in [9.17, 15) is 0 Å². The van der Waals surface area contributed by atoms with Gasteiger partial charge in [-0.1, -0.05) is 60.6 Å². The van der Waals surface area contributed by atoms with Gasteiger partial charge in [-0.15, -0.1) is 0 Å². The Balaban J connectivity index is 2.86. The van der Waals surface area contributed by atoms with Crippen LogP contribution in [0.25, 0.3) is 6.08 Å². The molecule has 1 aromatic carbocycles. The minimum atomic E-state index is 1.02. The topological polar surface area (TPSA) is 0 Å². The van der Waals surface area contributed by atoms with E-state index in [1.807, 2.05) is 0 Å². The molecule has 0 aromatic heterocycles. The van der Waals surface area contributed by atoms with Gasteiger partial charge in [0, 0.05) is 0 Å². The maximum absolute atomic E-state index is 3.95. The molecule has 1 aromatic rings. The SMILES string of the molecule is C=C(/C=C/c1cc(C)cc(C)c1)CC. The van der Waals surface area contributed by atoms with Gasteiger partial charge in [-0.25, -0.2) is 0 Å². The Morgan fingerprint density at radius 1 is 1.21 bits per heavy atom. The minimum absolute atomic E-state index is 1.02. The smallest absolute Gasteiger partial charge is 0.0251 e. The molecule has 74 valence electrons. The van der Waals surface area contributed by atoms with E-state index in [1.54, 1.807) is 0 Å². The molecule has 0 unspecified atom stereocenters. The fraction of sp³-hybridized carbons (Fsp3) is 0.286. The molecule has 0 spiro atoms. The summed E-state index contributed by atoms with van der Waals surface area (Å²) in [6.45, 7) is 10.3. The summed E-state index contributed by atoms with van der Waals surface area (Å²) in [4.78, 5) is 0. The van der Waals surface area contributed by atoms with Crippen molar-refractivity contribution in [3.8, 4) is 0 Å². The summed E-state index contributed by atoms with van der Waals surface area (Å²) in [6.07, 6.45) is 5.24. The summed E-state index contributed by atoms with van der Waals surface area (Å²) >= 11 is 0. The summed E-state index contributed by atoms with van der Waals surface area (Å²) in [5.74, 6) is 0. The lowest BCUT2D eigenvalue weighted by Gasteiger charge is -2.00. The first-order chi connectivity index (χ1) is 6.61. The monoisotopic (exact) mass is 186 g/mol. The van der Waals surface area contributed by atoms with Crippen molar-refractivity contribution in [2.75, 3.05) is 0 Å². The van der Waals surface area contributed by atoms with Gasteiger partial charge in [0.25, 0.3) is 0 Å². The third-order valence-electron chi connectivity index (χ3n) is 2.21. The third-order valence-corrected chi connectivity index (χ3v) is 2.21. The molecule has 0 saturated carbocycles. The van der Waals surface area contributed by atoms with Crippen LogP contribution in [0.2, 0.25) is 0 Å². The Kier molecular flexibility index (Phi) is 3.70. The van der Waals surface area contributed by atoms with E-state index in [4.69, 9.17) is 0 Å². The van der Waals surface area contributed by atoms with E-state index in [2.05, 4.69) is 57.7 Å². The van der Waals surface area contributed by atoms with E-state index >= 15 is 0 Å². The molecule has 0 saturated heterocycles. The van der Waals surface area contributed by atoms with E-state index in [0.29, 0.717) is 0 Å². The number of aryl methyl sites for hydroxylation is 2. The zero-order valence-corrected chi connectivity index (χ0v) is 9.30. The van der Waals surface area contributed by atoms with Crippen LogP contribution in [0.5, 0.6) is 0 Å². The van der Waals surface area contributed by atoms with Gasteiger partial charge in [-0.05, 0) is 25.8 Å². The van der Waals surface area contributed by atoms with Gasteiger partial charge in [0.1, 0.15) is 0 Å². The predicted octanol–water partition coefficient (Wildman–Crippen LogP) is 4.28.